The third-order valence-corrected chi connectivity index (χ3v) is 3.55. The van der Waals surface area contributed by atoms with Gasteiger partial charge in [0.2, 0.25) is 0 Å². The Balaban J connectivity index is 2.19. The van der Waals surface area contributed by atoms with Crippen molar-refractivity contribution < 1.29 is 4.79 Å². The van der Waals surface area contributed by atoms with Crippen molar-refractivity contribution in [3.63, 3.8) is 0 Å². The summed E-state index contributed by atoms with van der Waals surface area (Å²) in [5.74, 6) is 0. The van der Waals surface area contributed by atoms with E-state index in [4.69, 9.17) is 5.73 Å². The van der Waals surface area contributed by atoms with Gasteiger partial charge in [0, 0.05) is 12.0 Å². The second kappa shape index (κ2) is 4.56. The quantitative estimate of drug-likeness (QED) is 0.802. The highest BCUT2D eigenvalue weighted by atomic mass is 16.2. The highest BCUT2D eigenvalue weighted by Crippen LogP contribution is 2.40. The van der Waals surface area contributed by atoms with Crippen LogP contribution in [-0.4, -0.2) is 12.6 Å². The molecule has 0 saturated heterocycles. The lowest BCUT2D eigenvalue weighted by molar-refractivity contribution is 0.245. The Hall–Kier alpha value is -1.51. The van der Waals surface area contributed by atoms with Crippen molar-refractivity contribution in [1.82, 2.24) is 5.32 Å². The van der Waals surface area contributed by atoms with Crippen LogP contribution in [0.15, 0.2) is 30.3 Å². The molecule has 0 aromatic heterocycles. The fourth-order valence-electron chi connectivity index (χ4n) is 2.67. The molecule has 2 amide bonds. The zero-order valence-corrected chi connectivity index (χ0v) is 9.41. The molecular formula is C13H18N2O. The summed E-state index contributed by atoms with van der Waals surface area (Å²) < 4.78 is 0. The van der Waals surface area contributed by atoms with Gasteiger partial charge < -0.3 is 11.1 Å². The maximum atomic E-state index is 10.8. The largest absolute Gasteiger partial charge is 0.352 e. The van der Waals surface area contributed by atoms with Gasteiger partial charge in [-0.15, -0.1) is 0 Å². The van der Waals surface area contributed by atoms with Gasteiger partial charge >= 0.3 is 6.03 Å². The van der Waals surface area contributed by atoms with Crippen LogP contribution in [0.4, 0.5) is 4.79 Å². The predicted octanol–water partition coefficient (Wildman–Crippen LogP) is 2.17. The molecule has 16 heavy (non-hydrogen) atoms. The number of urea groups is 1. The average Bonchev–Trinajstić information content (AvgIpc) is 2.78. The van der Waals surface area contributed by atoms with E-state index in [-0.39, 0.29) is 5.41 Å². The van der Waals surface area contributed by atoms with Crippen LogP contribution in [-0.2, 0) is 5.41 Å². The van der Waals surface area contributed by atoms with Crippen LogP contribution in [0.5, 0.6) is 0 Å². The van der Waals surface area contributed by atoms with E-state index in [1.165, 1.54) is 18.4 Å². The van der Waals surface area contributed by atoms with Crippen molar-refractivity contribution >= 4 is 6.03 Å². The summed E-state index contributed by atoms with van der Waals surface area (Å²) in [5, 5.41) is 2.77. The number of carbonyl (C=O) groups is 1. The number of amides is 2. The van der Waals surface area contributed by atoms with E-state index < -0.39 is 6.03 Å². The molecule has 1 aromatic carbocycles. The highest BCUT2D eigenvalue weighted by Gasteiger charge is 2.35. The van der Waals surface area contributed by atoms with Gasteiger partial charge in [-0.1, -0.05) is 43.2 Å². The molecule has 0 spiro atoms. The number of primary amides is 1. The van der Waals surface area contributed by atoms with Crippen LogP contribution in [0.1, 0.15) is 31.2 Å². The number of benzene rings is 1. The number of hydrogen-bond donors (Lipinski definition) is 2. The summed E-state index contributed by atoms with van der Waals surface area (Å²) in [6.07, 6.45) is 4.74. The average molecular weight is 218 g/mol. The summed E-state index contributed by atoms with van der Waals surface area (Å²) in [7, 11) is 0. The molecule has 1 aromatic rings. The number of carbonyl (C=O) groups excluding carboxylic acids is 1. The number of nitrogens with two attached hydrogens (primary N) is 1. The van der Waals surface area contributed by atoms with Gasteiger partial charge in [-0.25, -0.2) is 4.79 Å². The summed E-state index contributed by atoms with van der Waals surface area (Å²) >= 11 is 0. The van der Waals surface area contributed by atoms with E-state index in [0.717, 1.165) is 12.8 Å². The van der Waals surface area contributed by atoms with Gasteiger partial charge in [-0.05, 0) is 18.4 Å². The fraction of sp³-hybridized carbons (Fsp3) is 0.462. The molecule has 2 rings (SSSR count). The van der Waals surface area contributed by atoms with E-state index in [9.17, 15) is 4.79 Å². The summed E-state index contributed by atoms with van der Waals surface area (Å²) in [6.45, 7) is 0.659. The second-order valence-corrected chi connectivity index (χ2v) is 4.57. The number of hydrogen-bond acceptors (Lipinski definition) is 1. The van der Waals surface area contributed by atoms with Crippen LogP contribution in [0.3, 0.4) is 0 Å². The lowest BCUT2D eigenvalue weighted by Gasteiger charge is -2.29. The molecule has 3 N–H and O–H groups in total. The van der Waals surface area contributed by atoms with Crippen LogP contribution in [0.25, 0.3) is 0 Å². The second-order valence-electron chi connectivity index (χ2n) is 4.57. The third kappa shape index (κ3) is 2.18. The monoisotopic (exact) mass is 218 g/mol. The standard InChI is InChI=1S/C13H18N2O/c14-12(16)15-10-13(8-4-5-9-13)11-6-2-1-3-7-11/h1-3,6-7H,4-5,8-10H2,(H3,14,15,16). The Morgan fingerprint density at radius 1 is 1.25 bits per heavy atom. The van der Waals surface area contributed by atoms with Gasteiger partial charge in [0.05, 0.1) is 0 Å². The SMILES string of the molecule is NC(=O)NCC1(c2ccccc2)CCCC1. The molecule has 1 saturated carbocycles. The minimum Gasteiger partial charge on any atom is -0.352 e. The van der Waals surface area contributed by atoms with Crippen molar-refractivity contribution in [3.05, 3.63) is 35.9 Å². The molecule has 0 radical (unpaired) electrons. The van der Waals surface area contributed by atoms with Crippen LogP contribution >= 0.6 is 0 Å². The molecule has 1 aliphatic carbocycles. The minimum atomic E-state index is -0.429. The van der Waals surface area contributed by atoms with Crippen LogP contribution in [0, 0.1) is 0 Å². The van der Waals surface area contributed by atoms with Crippen LogP contribution in [0.2, 0.25) is 0 Å². The van der Waals surface area contributed by atoms with Crippen LogP contribution < -0.4 is 11.1 Å². The molecule has 3 heteroatoms. The van der Waals surface area contributed by atoms with E-state index in [2.05, 4.69) is 29.6 Å². The van der Waals surface area contributed by atoms with E-state index >= 15 is 0 Å². The lowest BCUT2D eigenvalue weighted by Crippen LogP contribution is -2.41. The molecule has 86 valence electrons. The van der Waals surface area contributed by atoms with Gasteiger partial charge in [0.15, 0.2) is 0 Å². The fourth-order valence-corrected chi connectivity index (χ4v) is 2.67. The normalized spacial score (nSPS) is 18.2. The first-order valence-electron chi connectivity index (χ1n) is 5.82. The zero-order chi connectivity index (χ0) is 11.4. The minimum absolute atomic E-state index is 0.107. The third-order valence-electron chi connectivity index (χ3n) is 3.55. The Bertz CT molecular complexity index is 355. The molecule has 1 aliphatic rings. The van der Waals surface area contributed by atoms with Crippen molar-refractivity contribution in [1.29, 1.82) is 0 Å². The number of nitrogens with one attached hydrogen (secondary N) is 1. The summed E-state index contributed by atoms with van der Waals surface area (Å²) in [5.41, 5.74) is 6.59. The Morgan fingerprint density at radius 3 is 2.44 bits per heavy atom. The first kappa shape index (κ1) is 11.0. The molecular weight excluding hydrogens is 200 g/mol. The van der Waals surface area contributed by atoms with Crippen molar-refractivity contribution in [2.45, 2.75) is 31.1 Å². The summed E-state index contributed by atoms with van der Waals surface area (Å²) in [6, 6.07) is 10.00. The van der Waals surface area contributed by atoms with E-state index in [1.54, 1.807) is 0 Å². The smallest absolute Gasteiger partial charge is 0.312 e. The Kier molecular flexibility index (Phi) is 3.13. The summed E-state index contributed by atoms with van der Waals surface area (Å²) in [4.78, 5) is 10.8. The van der Waals surface area contributed by atoms with Crippen molar-refractivity contribution in [3.8, 4) is 0 Å². The number of rotatable bonds is 3. The predicted molar refractivity (Wildman–Crippen MR) is 64.2 cm³/mol. The molecule has 0 aliphatic heterocycles. The zero-order valence-electron chi connectivity index (χ0n) is 9.41. The van der Waals surface area contributed by atoms with Gasteiger partial charge in [0.1, 0.15) is 0 Å². The maximum absolute atomic E-state index is 10.8. The first-order chi connectivity index (χ1) is 7.73. The first-order valence-corrected chi connectivity index (χ1v) is 5.82. The van der Waals surface area contributed by atoms with Crippen molar-refractivity contribution in [2.24, 2.45) is 5.73 Å². The molecule has 0 atom stereocenters. The van der Waals surface area contributed by atoms with E-state index in [0.29, 0.717) is 6.54 Å². The molecule has 0 heterocycles. The maximum Gasteiger partial charge on any atom is 0.312 e. The highest BCUT2D eigenvalue weighted by molar-refractivity contribution is 5.71. The molecule has 3 nitrogen and oxygen atoms in total. The van der Waals surface area contributed by atoms with E-state index in [1.807, 2.05) is 6.07 Å². The molecule has 0 bridgehead atoms. The Labute approximate surface area is 96.0 Å². The van der Waals surface area contributed by atoms with Gasteiger partial charge in [0.25, 0.3) is 0 Å². The van der Waals surface area contributed by atoms with Gasteiger partial charge in [-0.3, -0.25) is 0 Å². The Morgan fingerprint density at radius 2 is 1.88 bits per heavy atom. The lowest BCUT2D eigenvalue weighted by atomic mass is 9.79. The van der Waals surface area contributed by atoms with Gasteiger partial charge in [-0.2, -0.15) is 0 Å². The molecule has 0 unspecified atom stereocenters. The molecule has 1 fully saturated rings. The van der Waals surface area contributed by atoms with Crippen molar-refractivity contribution in [2.75, 3.05) is 6.54 Å². The topological polar surface area (TPSA) is 55.1 Å².